The van der Waals surface area contributed by atoms with Crippen molar-refractivity contribution < 1.29 is 44.1 Å². The summed E-state index contributed by atoms with van der Waals surface area (Å²) in [5, 5.41) is 35.2. The quantitative estimate of drug-likeness (QED) is 0.102. The van der Waals surface area contributed by atoms with Crippen molar-refractivity contribution in [3.63, 3.8) is 0 Å². The highest BCUT2D eigenvalue weighted by Gasteiger charge is 2.30. The number of rotatable bonds is 16. The monoisotopic (exact) mass is 524 g/mol. The van der Waals surface area contributed by atoms with Crippen LogP contribution in [0.3, 0.4) is 0 Å². The molecule has 0 aliphatic carbocycles. The number of aliphatic carboxylic acids is 1. The van der Waals surface area contributed by atoms with E-state index in [0.717, 1.165) is 0 Å². The number of carboxylic acid groups (broad SMARTS) is 1. The van der Waals surface area contributed by atoms with Gasteiger partial charge in [-0.1, -0.05) is 12.1 Å². The molecule has 12 N–H and O–H groups in total. The molecule has 4 unspecified atom stereocenters. The number of phenolic OH excluding ortho intramolecular Hbond substituents is 1. The van der Waals surface area contributed by atoms with Gasteiger partial charge in [0.2, 0.25) is 29.5 Å². The van der Waals surface area contributed by atoms with Gasteiger partial charge in [-0.05, 0) is 30.5 Å². The van der Waals surface area contributed by atoms with Gasteiger partial charge in [-0.25, -0.2) is 4.79 Å². The van der Waals surface area contributed by atoms with E-state index in [1.54, 1.807) is 0 Å². The van der Waals surface area contributed by atoms with Gasteiger partial charge in [-0.3, -0.25) is 24.0 Å². The first-order chi connectivity index (χ1) is 17.3. The summed E-state index contributed by atoms with van der Waals surface area (Å²) < 4.78 is 0. The topological polar surface area (TPSA) is 277 Å². The molecule has 4 atom stereocenters. The molecular weight excluding hydrogens is 492 g/mol. The van der Waals surface area contributed by atoms with Crippen molar-refractivity contribution >= 4 is 35.5 Å². The Bertz CT molecular complexity index is 985. The standard InChI is InChI=1S/C22H32N6O9/c23-13(5-7-17(24)31)19(33)28-16(10-29)21(35)26-14(6-8-18(25)32)20(34)27-15(22(36)37)9-11-1-3-12(30)4-2-11/h1-4,13-16,29-30H,5-10,23H2,(H2,24,31)(H2,25,32)(H,26,35)(H,27,34)(H,28,33)(H,36,37). The Morgan fingerprint density at radius 3 is 1.76 bits per heavy atom. The maximum Gasteiger partial charge on any atom is 0.326 e. The number of amides is 5. The summed E-state index contributed by atoms with van der Waals surface area (Å²) in [6.07, 6.45) is -1.10. The first-order valence-corrected chi connectivity index (χ1v) is 11.2. The third kappa shape index (κ3) is 11.4. The minimum absolute atomic E-state index is 0.0340. The minimum Gasteiger partial charge on any atom is -0.508 e. The highest BCUT2D eigenvalue weighted by Crippen LogP contribution is 2.12. The van der Waals surface area contributed by atoms with Crippen LogP contribution < -0.4 is 33.2 Å². The fraction of sp³-hybridized carbons (Fsp3) is 0.455. The SMILES string of the molecule is NC(=O)CCC(N)C(=O)NC(CO)C(=O)NC(CCC(N)=O)C(=O)NC(Cc1ccc(O)cc1)C(=O)O. The average Bonchev–Trinajstić information content (AvgIpc) is 2.83. The Hall–Kier alpha value is -4.24. The van der Waals surface area contributed by atoms with E-state index in [9.17, 15) is 44.1 Å². The van der Waals surface area contributed by atoms with E-state index >= 15 is 0 Å². The number of aliphatic hydroxyl groups excluding tert-OH is 1. The Labute approximate surface area is 211 Å². The summed E-state index contributed by atoms with van der Waals surface area (Å²) in [4.78, 5) is 71.5. The van der Waals surface area contributed by atoms with Crippen molar-refractivity contribution in [2.45, 2.75) is 56.3 Å². The summed E-state index contributed by atoms with van der Waals surface area (Å²) in [6.45, 7) is -0.886. The van der Waals surface area contributed by atoms with Crippen LogP contribution >= 0.6 is 0 Å². The van der Waals surface area contributed by atoms with Crippen LogP contribution in [0, 0.1) is 0 Å². The Morgan fingerprint density at radius 1 is 0.757 bits per heavy atom. The Morgan fingerprint density at radius 2 is 1.24 bits per heavy atom. The fourth-order valence-corrected chi connectivity index (χ4v) is 3.07. The lowest BCUT2D eigenvalue weighted by Gasteiger charge is -2.24. The molecule has 0 aromatic heterocycles. The van der Waals surface area contributed by atoms with Gasteiger partial charge < -0.3 is 48.5 Å². The van der Waals surface area contributed by atoms with Gasteiger partial charge in [0, 0.05) is 19.3 Å². The summed E-state index contributed by atoms with van der Waals surface area (Å²) in [5.74, 6) is -5.74. The van der Waals surface area contributed by atoms with Crippen LogP contribution in [0.4, 0.5) is 0 Å². The fourth-order valence-electron chi connectivity index (χ4n) is 3.07. The van der Waals surface area contributed by atoms with E-state index in [1.165, 1.54) is 24.3 Å². The molecule has 5 amide bonds. The van der Waals surface area contributed by atoms with E-state index in [0.29, 0.717) is 5.56 Å². The second-order valence-electron chi connectivity index (χ2n) is 8.19. The van der Waals surface area contributed by atoms with Crippen LogP contribution in [0.1, 0.15) is 31.2 Å². The molecule has 0 heterocycles. The number of carboxylic acids is 1. The normalized spacial score (nSPS) is 13.9. The molecule has 37 heavy (non-hydrogen) atoms. The van der Waals surface area contributed by atoms with Gasteiger partial charge in [0.15, 0.2) is 0 Å². The third-order valence-electron chi connectivity index (χ3n) is 5.16. The zero-order valence-electron chi connectivity index (χ0n) is 19.9. The number of primary amides is 2. The number of nitrogens with two attached hydrogens (primary N) is 3. The highest BCUT2D eigenvalue weighted by molar-refractivity contribution is 5.94. The van der Waals surface area contributed by atoms with Crippen molar-refractivity contribution in [2.75, 3.05) is 6.61 Å². The lowest BCUT2D eigenvalue weighted by molar-refractivity contribution is -0.142. The molecule has 15 heteroatoms. The molecular formula is C22H32N6O9. The number of carbonyl (C=O) groups is 6. The molecule has 1 rings (SSSR count). The maximum atomic E-state index is 12.8. The van der Waals surface area contributed by atoms with Crippen LogP contribution in [0.25, 0.3) is 0 Å². The molecule has 0 radical (unpaired) electrons. The van der Waals surface area contributed by atoms with E-state index < -0.39 is 66.3 Å². The number of nitrogens with one attached hydrogen (secondary N) is 3. The number of hydrogen-bond acceptors (Lipinski definition) is 9. The van der Waals surface area contributed by atoms with Gasteiger partial charge >= 0.3 is 5.97 Å². The van der Waals surface area contributed by atoms with E-state index in [2.05, 4.69) is 16.0 Å². The number of carbonyl (C=O) groups excluding carboxylic acids is 5. The molecule has 0 fully saturated rings. The van der Waals surface area contributed by atoms with Crippen LogP contribution in [-0.4, -0.2) is 81.6 Å². The summed E-state index contributed by atoms with van der Waals surface area (Å²) in [6, 6.07) is -0.0242. The van der Waals surface area contributed by atoms with Crippen LogP contribution in [0.15, 0.2) is 24.3 Å². The van der Waals surface area contributed by atoms with Crippen molar-refractivity contribution in [3.05, 3.63) is 29.8 Å². The number of aromatic hydroxyl groups is 1. The van der Waals surface area contributed by atoms with E-state index in [1.807, 2.05) is 0 Å². The molecule has 1 aromatic rings. The predicted octanol–water partition coefficient (Wildman–Crippen LogP) is -3.68. The molecule has 0 saturated heterocycles. The number of phenols is 1. The largest absolute Gasteiger partial charge is 0.508 e. The summed E-state index contributed by atoms with van der Waals surface area (Å²) in [5.41, 5.74) is 16.3. The number of hydrogen-bond donors (Lipinski definition) is 9. The van der Waals surface area contributed by atoms with Gasteiger partial charge in [-0.2, -0.15) is 0 Å². The lowest BCUT2D eigenvalue weighted by atomic mass is 10.0. The van der Waals surface area contributed by atoms with Crippen molar-refractivity contribution in [3.8, 4) is 5.75 Å². The van der Waals surface area contributed by atoms with E-state index in [-0.39, 0.29) is 37.9 Å². The first kappa shape index (κ1) is 30.8. The maximum absolute atomic E-state index is 12.8. The average molecular weight is 525 g/mol. The molecule has 0 bridgehead atoms. The Balaban J connectivity index is 2.93. The zero-order valence-corrected chi connectivity index (χ0v) is 19.9. The van der Waals surface area contributed by atoms with Gasteiger partial charge in [0.1, 0.15) is 23.9 Å². The van der Waals surface area contributed by atoms with Gasteiger partial charge in [0.05, 0.1) is 12.6 Å². The van der Waals surface area contributed by atoms with Crippen LogP contribution in [-0.2, 0) is 35.2 Å². The van der Waals surface area contributed by atoms with Crippen LogP contribution in [0.5, 0.6) is 5.75 Å². The molecule has 0 saturated carbocycles. The molecule has 1 aromatic carbocycles. The van der Waals surface area contributed by atoms with Gasteiger partial charge in [0.25, 0.3) is 0 Å². The zero-order chi connectivity index (χ0) is 28.1. The van der Waals surface area contributed by atoms with Crippen molar-refractivity contribution in [2.24, 2.45) is 17.2 Å². The van der Waals surface area contributed by atoms with Crippen molar-refractivity contribution in [1.82, 2.24) is 16.0 Å². The molecule has 0 aliphatic rings. The first-order valence-electron chi connectivity index (χ1n) is 11.2. The number of aliphatic hydroxyl groups is 1. The molecule has 204 valence electrons. The Kier molecular flexibility index (Phi) is 12.5. The predicted molar refractivity (Wildman–Crippen MR) is 127 cm³/mol. The van der Waals surface area contributed by atoms with E-state index in [4.69, 9.17) is 17.2 Å². The van der Waals surface area contributed by atoms with Crippen LogP contribution in [0.2, 0.25) is 0 Å². The highest BCUT2D eigenvalue weighted by atomic mass is 16.4. The second-order valence-corrected chi connectivity index (χ2v) is 8.19. The third-order valence-corrected chi connectivity index (χ3v) is 5.16. The summed E-state index contributed by atoms with van der Waals surface area (Å²) in [7, 11) is 0. The smallest absolute Gasteiger partial charge is 0.326 e. The molecule has 0 spiro atoms. The second kappa shape index (κ2) is 15.0. The molecule has 0 aliphatic heterocycles. The number of benzene rings is 1. The minimum atomic E-state index is -1.55. The lowest BCUT2D eigenvalue weighted by Crippen LogP contribution is -2.58. The van der Waals surface area contributed by atoms with Gasteiger partial charge in [-0.15, -0.1) is 0 Å². The molecule has 15 nitrogen and oxygen atoms in total. The van der Waals surface area contributed by atoms with Crippen molar-refractivity contribution in [1.29, 1.82) is 0 Å². The summed E-state index contributed by atoms with van der Waals surface area (Å²) >= 11 is 0.